The van der Waals surface area contributed by atoms with E-state index in [1.165, 1.54) is 0 Å². The molecule has 1 N–H and O–H groups in total. The number of hydrogen-bond acceptors (Lipinski definition) is 6. The molecule has 0 saturated heterocycles. The van der Waals surface area contributed by atoms with Crippen LogP contribution in [0.25, 0.3) is 22.2 Å². The molecule has 0 atom stereocenters. The fourth-order valence-corrected chi connectivity index (χ4v) is 3.21. The van der Waals surface area contributed by atoms with Gasteiger partial charge in [-0.05, 0) is 42.8 Å². The number of benzene rings is 3. The largest absolute Gasteiger partial charge is 0.493 e. The fraction of sp³-hybridized carbons (Fsp3) is 0.125. The van der Waals surface area contributed by atoms with Gasteiger partial charge in [0, 0.05) is 10.9 Å². The van der Waals surface area contributed by atoms with Gasteiger partial charge in [-0.3, -0.25) is 0 Å². The average molecular weight is 398 g/mol. The minimum absolute atomic E-state index is 0.432. The van der Waals surface area contributed by atoms with Gasteiger partial charge in [-0.25, -0.2) is 15.4 Å². The van der Waals surface area contributed by atoms with Crippen molar-refractivity contribution in [3.05, 3.63) is 77.9 Å². The fourth-order valence-electron chi connectivity index (χ4n) is 3.21. The number of ether oxygens (including phenoxy) is 2. The summed E-state index contributed by atoms with van der Waals surface area (Å²) in [4.78, 5) is 9.34. The topological polar surface area (TPSA) is 68.6 Å². The Hall–Kier alpha value is -3.93. The lowest BCUT2D eigenvalue weighted by atomic mass is 10.0. The lowest BCUT2D eigenvalue weighted by Crippen LogP contribution is -2.00. The van der Waals surface area contributed by atoms with E-state index >= 15 is 0 Å². The number of aryl methyl sites for hydroxylation is 1. The maximum atomic E-state index is 5.33. The quantitative estimate of drug-likeness (QED) is 0.363. The zero-order valence-electron chi connectivity index (χ0n) is 17.1. The van der Waals surface area contributed by atoms with Crippen LogP contribution in [0, 0.1) is 6.92 Å². The molecule has 4 aromatic rings. The Bertz CT molecular complexity index is 1210. The maximum absolute atomic E-state index is 5.33. The Morgan fingerprint density at radius 3 is 2.43 bits per heavy atom. The van der Waals surface area contributed by atoms with Crippen LogP contribution in [0.5, 0.6) is 11.5 Å². The Balaban J connectivity index is 1.67. The molecule has 0 spiro atoms. The van der Waals surface area contributed by atoms with Crippen LogP contribution in [0.15, 0.2) is 71.8 Å². The van der Waals surface area contributed by atoms with Gasteiger partial charge < -0.3 is 9.47 Å². The highest BCUT2D eigenvalue weighted by atomic mass is 16.5. The number of nitrogens with zero attached hydrogens (tertiary/aromatic N) is 3. The predicted molar refractivity (Wildman–Crippen MR) is 120 cm³/mol. The van der Waals surface area contributed by atoms with Gasteiger partial charge in [-0.1, -0.05) is 42.0 Å². The molecule has 0 amide bonds. The molecule has 30 heavy (non-hydrogen) atoms. The van der Waals surface area contributed by atoms with E-state index in [1.807, 2.05) is 60.7 Å². The summed E-state index contributed by atoms with van der Waals surface area (Å²) in [5.74, 6) is 1.75. The molecule has 0 radical (unpaired) electrons. The molecule has 0 unspecified atom stereocenters. The van der Waals surface area contributed by atoms with Crippen molar-refractivity contribution in [2.24, 2.45) is 5.10 Å². The van der Waals surface area contributed by atoms with Gasteiger partial charge in [0.25, 0.3) is 0 Å². The van der Waals surface area contributed by atoms with Crippen LogP contribution in [0.4, 0.5) is 5.95 Å². The van der Waals surface area contributed by atoms with E-state index in [1.54, 1.807) is 20.4 Å². The van der Waals surface area contributed by atoms with Gasteiger partial charge in [0.1, 0.15) is 0 Å². The second kappa shape index (κ2) is 8.61. The predicted octanol–water partition coefficient (Wildman–Crippen LogP) is 5.07. The van der Waals surface area contributed by atoms with Crippen molar-refractivity contribution in [2.75, 3.05) is 19.6 Å². The number of nitrogens with one attached hydrogen (secondary N) is 1. The van der Waals surface area contributed by atoms with E-state index in [0.717, 1.165) is 33.3 Å². The monoisotopic (exact) mass is 398 g/mol. The molecular weight excluding hydrogens is 376 g/mol. The maximum Gasteiger partial charge on any atom is 0.244 e. The van der Waals surface area contributed by atoms with Crippen LogP contribution >= 0.6 is 0 Å². The van der Waals surface area contributed by atoms with Crippen LogP contribution in [0.3, 0.4) is 0 Å². The lowest BCUT2D eigenvalue weighted by Gasteiger charge is -2.09. The highest BCUT2D eigenvalue weighted by Crippen LogP contribution is 2.28. The molecule has 0 aliphatic rings. The summed E-state index contributed by atoms with van der Waals surface area (Å²) in [5, 5.41) is 5.32. The summed E-state index contributed by atoms with van der Waals surface area (Å²) in [6.45, 7) is 2.06. The summed E-state index contributed by atoms with van der Waals surface area (Å²) in [6, 6.07) is 21.8. The van der Waals surface area contributed by atoms with Crippen molar-refractivity contribution in [2.45, 2.75) is 6.92 Å². The van der Waals surface area contributed by atoms with Crippen LogP contribution < -0.4 is 14.9 Å². The first kappa shape index (κ1) is 19.4. The molecule has 0 aliphatic heterocycles. The van der Waals surface area contributed by atoms with Gasteiger partial charge in [0.15, 0.2) is 11.5 Å². The minimum atomic E-state index is 0.432. The summed E-state index contributed by atoms with van der Waals surface area (Å²) >= 11 is 0. The zero-order chi connectivity index (χ0) is 20.9. The van der Waals surface area contributed by atoms with Crippen LogP contribution in [-0.2, 0) is 0 Å². The summed E-state index contributed by atoms with van der Waals surface area (Å²) in [6.07, 6.45) is 1.69. The molecule has 0 fully saturated rings. The second-order valence-electron chi connectivity index (χ2n) is 6.77. The van der Waals surface area contributed by atoms with Gasteiger partial charge in [0.05, 0.1) is 31.6 Å². The molecule has 4 rings (SSSR count). The summed E-state index contributed by atoms with van der Waals surface area (Å²) < 4.78 is 10.6. The van der Waals surface area contributed by atoms with E-state index in [2.05, 4.69) is 28.5 Å². The third-order valence-electron chi connectivity index (χ3n) is 4.68. The van der Waals surface area contributed by atoms with E-state index in [-0.39, 0.29) is 0 Å². The van der Waals surface area contributed by atoms with E-state index in [4.69, 9.17) is 14.5 Å². The van der Waals surface area contributed by atoms with Gasteiger partial charge in [0.2, 0.25) is 5.95 Å². The normalized spacial score (nSPS) is 11.0. The highest BCUT2D eigenvalue weighted by molar-refractivity contribution is 5.93. The van der Waals surface area contributed by atoms with Crippen LogP contribution in [0.1, 0.15) is 11.1 Å². The smallest absolute Gasteiger partial charge is 0.244 e. The van der Waals surface area contributed by atoms with E-state index in [0.29, 0.717) is 17.4 Å². The second-order valence-corrected chi connectivity index (χ2v) is 6.77. The molecule has 3 aromatic carbocycles. The van der Waals surface area contributed by atoms with Crippen molar-refractivity contribution in [1.82, 2.24) is 9.97 Å². The number of hydrazone groups is 1. The Morgan fingerprint density at radius 1 is 0.867 bits per heavy atom. The first-order valence-corrected chi connectivity index (χ1v) is 9.53. The molecule has 150 valence electrons. The van der Waals surface area contributed by atoms with Gasteiger partial charge in [-0.15, -0.1) is 0 Å². The van der Waals surface area contributed by atoms with Crippen LogP contribution in [0.2, 0.25) is 0 Å². The Kier molecular flexibility index (Phi) is 5.57. The first-order chi connectivity index (χ1) is 14.7. The molecule has 1 heterocycles. The molecule has 6 nitrogen and oxygen atoms in total. The number of fused-ring (bicyclic) bond motifs is 1. The van der Waals surface area contributed by atoms with Crippen molar-refractivity contribution in [3.63, 3.8) is 0 Å². The van der Waals surface area contributed by atoms with E-state index in [9.17, 15) is 0 Å². The number of anilines is 1. The molecule has 1 aromatic heterocycles. The summed E-state index contributed by atoms with van der Waals surface area (Å²) in [7, 11) is 3.21. The standard InChI is InChI=1S/C24H22N4O2/c1-16-9-11-20-19(13-16)23(18-7-5-4-6-8-18)27-24(26-20)28-25-15-17-10-12-21(29-2)22(14-17)30-3/h4-15H,1-3H3,(H,26,27,28). The Morgan fingerprint density at radius 2 is 1.67 bits per heavy atom. The zero-order valence-corrected chi connectivity index (χ0v) is 17.1. The van der Waals surface area contributed by atoms with Crippen molar-refractivity contribution < 1.29 is 9.47 Å². The molecule has 0 bridgehead atoms. The van der Waals surface area contributed by atoms with Gasteiger partial charge >= 0.3 is 0 Å². The van der Waals surface area contributed by atoms with Gasteiger partial charge in [-0.2, -0.15) is 5.10 Å². The van der Waals surface area contributed by atoms with Crippen LogP contribution in [-0.4, -0.2) is 30.4 Å². The number of aromatic nitrogens is 2. The number of methoxy groups -OCH3 is 2. The number of hydrogen-bond donors (Lipinski definition) is 1. The Labute approximate surface area is 175 Å². The SMILES string of the molecule is COc1ccc(C=NNc2nc(-c3ccccc3)c3cc(C)ccc3n2)cc1OC. The number of rotatable bonds is 6. The molecule has 6 heteroatoms. The highest BCUT2D eigenvalue weighted by Gasteiger charge is 2.10. The minimum Gasteiger partial charge on any atom is -0.493 e. The van der Waals surface area contributed by atoms with Crippen molar-refractivity contribution >= 4 is 23.1 Å². The average Bonchev–Trinajstić information content (AvgIpc) is 2.79. The molecule has 0 aliphatic carbocycles. The molecule has 0 saturated carbocycles. The third-order valence-corrected chi connectivity index (χ3v) is 4.68. The van der Waals surface area contributed by atoms with Crippen molar-refractivity contribution in [1.29, 1.82) is 0 Å². The molecular formula is C24H22N4O2. The van der Waals surface area contributed by atoms with Crippen molar-refractivity contribution in [3.8, 4) is 22.8 Å². The first-order valence-electron chi connectivity index (χ1n) is 9.53. The summed E-state index contributed by atoms with van der Waals surface area (Å²) in [5.41, 5.74) is 7.73. The lowest BCUT2D eigenvalue weighted by molar-refractivity contribution is 0.355. The third kappa shape index (κ3) is 4.07. The van der Waals surface area contributed by atoms with E-state index < -0.39 is 0 Å².